The first kappa shape index (κ1) is 15.3. The number of piperidine rings is 1. The molecule has 1 aromatic carbocycles. The molecule has 5 heteroatoms. The molecule has 0 unspecified atom stereocenters. The number of halogens is 1. The molecule has 1 aliphatic heterocycles. The molecule has 1 fully saturated rings. The third-order valence-corrected chi connectivity index (χ3v) is 3.98. The molecule has 20 heavy (non-hydrogen) atoms. The maximum Gasteiger partial charge on any atom is 0.128 e. The predicted octanol–water partition coefficient (Wildman–Crippen LogP) is 3.04. The lowest BCUT2D eigenvalue weighted by molar-refractivity contribution is 0.102. The van der Waals surface area contributed by atoms with Crippen molar-refractivity contribution < 1.29 is 9.84 Å². The van der Waals surface area contributed by atoms with Crippen molar-refractivity contribution in [1.29, 1.82) is 5.41 Å². The second-order valence-corrected chi connectivity index (χ2v) is 6.58. The van der Waals surface area contributed by atoms with Gasteiger partial charge in [-0.25, -0.2) is 0 Å². The van der Waals surface area contributed by atoms with E-state index in [0.717, 1.165) is 36.2 Å². The molecule has 2 N–H and O–H groups in total. The fourth-order valence-corrected chi connectivity index (χ4v) is 2.55. The Morgan fingerprint density at radius 1 is 1.30 bits per heavy atom. The van der Waals surface area contributed by atoms with E-state index in [1.165, 1.54) is 0 Å². The average Bonchev–Trinajstić information content (AvgIpc) is 2.40. The Balaban J connectivity index is 1.85. The van der Waals surface area contributed by atoms with Gasteiger partial charge in [-0.1, -0.05) is 15.9 Å². The van der Waals surface area contributed by atoms with Crippen LogP contribution in [0.4, 0.5) is 0 Å². The van der Waals surface area contributed by atoms with E-state index < -0.39 is 5.60 Å². The summed E-state index contributed by atoms with van der Waals surface area (Å²) in [7, 11) is 0. The number of rotatable bonds is 3. The van der Waals surface area contributed by atoms with Gasteiger partial charge in [0.05, 0.1) is 0 Å². The van der Waals surface area contributed by atoms with Gasteiger partial charge in [-0.05, 0) is 38.1 Å². The first-order valence-electron chi connectivity index (χ1n) is 6.85. The van der Waals surface area contributed by atoms with Gasteiger partial charge in [0.1, 0.15) is 23.3 Å². The van der Waals surface area contributed by atoms with Gasteiger partial charge in [0.2, 0.25) is 0 Å². The summed E-state index contributed by atoms with van der Waals surface area (Å²) in [6.07, 6.45) is 1.92. The molecule has 2 rings (SSSR count). The Labute approximate surface area is 128 Å². The molecule has 4 nitrogen and oxygen atoms in total. The molecule has 0 spiro atoms. The highest BCUT2D eigenvalue weighted by atomic mass is 79.9. The van der Waals surface area contributed by atoms with Gasteiger partial charge in [-0.2, -0.15) is 0 Å². The van der Waals surface area contributed by atoms with Gasteiger partial charge in [-0.3, -0.25) is 5.41 Å². The van der Waals surface area contributed by atoms with Crippen LogP contribution in [0.5, 0.6) is 5.75 Å². The van der Waals surface area contributed by atoms with Crippen molar-refractivity contribution in [2.75, 3.05) is 13.1 Å². The van der Waals surface area contributed by atoms with E-state index in [4.69, 9.17) is 10.1 Å². The van der Waals surface area contributed by atoms with Crippen molar-refractivity contribution in [1.82, 2.24) is 4.90 Å². The largest absolute Gasteiger partial charge is 0.490 e. The number of benzene rings is 1. The molecule has 0 aliphatic carbocycles. The van der Waals surface area contributed by atoms with Crippen molar-refractivity contribution in [3.63, 3.8) is 0 Å². The van der Waals surface area contributed by atoms with E-state index in [9.17, 15) is 5.11 Å². The van der Waals surface area contributed by atoms with Crippen LogP contribution in [-0.2, 0) is 0 Å². The normalized spacial score (nSPS) is 17.1. The van der Waals surface area contributed by atoms with E-state index in [-0.39, 0.29) is 6.10 Å². The van der Waals surface area contributed by atoms with Crippen molar-refractivity contribution in [2.45, 2.75) is 38.4 Å². The van der Waals surface area contributed by atoms with Crippen LogP contribution < -0.4 is 4.74 Å². The maximum absolute atomic E-state index is 9.86. The Morgan fingerprint density at radius 2 is 1.85 bits per heavy atom. The van der Waals surface area contributed by atoms with Gasteiger partial charge in [0.25, 0.3) is 0 Å². The lowest BCUT2D eigenvalue weighted by Crippen LogP contribution is -2.49. The van der Waals surface area contributed by atoms with Gasteiger partial charge in [-0.15, -0.1) is 0 Å². The minimum absolute atomic E-state index is 0.182. The molecule has 0 bridgehead atoms. The molecule has 0 saturated carbocycles. The van der Waals surface area contributed by atoms with Crippen LogP contribution in [0.15, 0.2) is 28.7 Å². The number of nitrogens with one attached hydrogen (secondary N) is 1. The Hall–Kier alpha value is -1.07. The quantitative estimate of drug-likeness (QED) is 0.656. The predicted molar refractivity (Wildman–Crippen MR) is 83.4 cm³/mol. The van der Waals surface area contributed by atoms with Gasteiger partial charge < -0.3 is 14.7 Å². The number of hydrogen-bond acceptors (Lipinski definition) is 3. The molecule has 0 radical (unpaired) electrons. The van der Waals surface area contributed by atoms with Crippen molar-refractivity contribution >= 4 is 21.8 Å². The van der Waals surface area contributed by atoms with Gasteiger partial charge >= 0.3 is 0 Å². The van der Waals surface area contributed by atoms with E-state index in [1.807, 2.05) is 29.2 Å². The summed E-state index contributed by atoms with van der Waals surface area (Å²) < 4.78 is 6.98. The molecule has 110 valence electrons. The van der Waals surface area contributed by atoms with E-state index in [1.54, 1.807) is 13.8 Å². The number of likely N-dealkylation sites (tertiary alicyclic amines) is 1. The van der Waals surface area contributed by atoms with Crippen LogP contribution in [0.25, 0.3) is 0 Å². The molecule has 1 heterocycles. The summed E-state index contributed by atoms with van der Waals surface area (Å²) in [5.74, 6) is 1.17. The first-order valence-corrected chi connectivity index (χ1v) is 7.64. The number of hydrogen-bond donors (Lipinski definition) is 2. The Morgan fingerprint density at radius 3 is 2.35 bits per heavy atom. The zero-order valence-corrected chi connectivity index (χ0v) is 13.5. The highest BCUT2D eigenvalue weighted by Crippen LogP contribution is 2.22. The first-order chi connectivity index (χ1) is 9.36. The third-order valence-electron chi connectivity index (χ3n) is 3.45. The molecule has 0 aromatic heterocycles. The van der Waals surface area contributed by atoms with Crippen LogP contribution >= 0.6 is 15.9 Å². The zero-order valence-electron chi connectivity index (χ0n) is 11.9. The summed E-state index contributed by atoms with van der Waals surface area (Å²) in [6.45, 7) is 4.81. The highest BCUT2D eigenvalue weighted by Gasteiger charge is 2.29. The molecule has 1 aromatic rings. The fraction of sp³-hybridized carbons (Fsp3) is 0.533. The van der Waals surface area contributed by atoms with Gasteiger partial charge in [0, 0.05) is 30.4 Å². The summed E-state index contributed by atoms with van der Waals surface area (Å²) in [5, 5.41) is 17.8. The Kier molecular flexibility index (Phi) is 4.70. The van der Waals surface area contributed by atoms with E-state index in [2.05, 4.69) is 15.9 Å². The number of aliphatic hydroxyl groups is 1. The SMILES string of the molecule is CC(C)(O)C(=N)N1CCC(Oc2ccc(Br)cc2)CC1. The summed E-state index contributed by atoms with van der Waals surface area (Å²) in [5.41, 5.74) is -1.07. The zero-order chi connectivity index (χ0) is 14.8. The lowest BCUT2D eigenvalue weighted by atomic mass is 10.0. The number of amidine groups is 1. The van der Waals surface area contributed by atoms with Crippen molar-refractivity contribution in [3.05, 3.63) is 28.7 Å². The molecule has 0 amide bonds. The van der Waals surface area contributed by atoms with Crippen LogP contribution in [0.1, 0.15) is 26.7 Å². The average molecular weight is 341 g/mol. The molecule has 1 saturated heterocycles. The summed E-state index contributed by atoms with van der Waals surface area (Å²) >= 11 is 3.40. The maximum atomic E-state index is 9.86. The number of ether oxygens (including phenoxy) is 1. The highest BCUT2D eigenvalue weighted by molar-refractivity contribution is 9.10. The molecule has 1 aliphatic rings. The minimum atomic E-state index is -1.07. The Bertz CT molecular complexity index is 460. The van der Waals surface area contributed by atoms with Crippen molar-refractivity contribution in [3.8, 4) is 5.75 Å². The van der Waals surface area contributed by atoms with Gasteiger partial charge in [0.15, 0.2) is 0 Å². The number of nitrogens with zero attached hydrogens (tertiary/aromatic N) is 1. The van der Waals surface area contributed by atoms with Crippen LogP contribution in [-0.4, -0.2) is 40.6 Å². The second kappa shape index (κ2) is 6.14. The molecular weight excluding hydrogens is 320 g/mol. The summed E-state index contributed by atoms with van der Waals surface area (Å²) in [4.78, 5) is 1.93. The molecular formula is C15H21BrN2O2. The van der Waals surface area contributed by atoms with E-state index >= 15 is 0 Å². The third kappa shape index (κ3) is 3.96. The molecule has 0 atom stereocenters. The summed E-state index contributed by atoms with van der Waals surface area (Å²) in [6, 6.07) is 7.84. The standard InChI is InChI=1S/C15H21BrN2O2/c1-15(2,19)14(17)18-9-7-13(8-10-18)20-12-5-3-11(16)4-6-12/h3-6,13,17,19H,7-10H2,1-2H3. The van der Waals surface area contributed by atoms with Crippen LogP contribution in [0, 0.1) is 5.41 Å². The van der Waals surface area contributed by atoms with E-state index in [0.29, 0.717) is 5.84 Å². The van der Waals surface area contributed by atoms with Crippen LogP contribution in [0.2, 0.25) is 0 Å². The topological polar surface area (TPSA) is 56.5 Å². The second-order valence-electron chi connectivity index (χ2n) is 5.67. The fourth-order valence-electron chi connectivity index (χ4n) is 2.29. The lowest BCUT2D eigenvalue weighted by Gasteiger charge is -2.37. The van der Waals surface area contributed by atoms with Crippen molar-refractivity contribution in [2.24, 2.45) is 0 Å². The monoisotopic (exact) mass is 340 g/mol. The smallest absolute Gasteiger partial charge is 0.128 e. The minimum Gasteiger partial charge on any atom is -0.490 e. The van der Waals surface area contributed by atoms with Crippen LogP contribution in [0.3, 0.4) is 0 Å².